The first-order chi connectivity index (χ1) is 7.59. The van der Waals surface area contributed by atoms with E-state index in [0.717, 1.165) is 13.0 Å². The van der Waals surface area contributed by atoms with Crippen LogP contribution >= 0.6 is 0 Å². The van der Waals surface area contributed by atoms with Crippen molar-refractivity contribution in [2.24, 2.45) is 13.0 Å². The molecule has 0 aliphatic carbocycles. The molecule has 2 rings (SSSR count). The largest absolute Gasteiger partial charge is 0.309 e. The first kappa shape index (κ1) is 11.6. The summed E-state index contributed by atoms with van der Waals surface area (Å²) in [5.74, 6) is 0.693. The van der Waals surface area contributed by atoms with E-state index in [1.165, 1.54) is 29.8 Å². The molecule has 0 bridgehead atoms. The Bertz CT molecular complexity index is 359. The van der Waals surface area contributed by atoms with Crippen molar-refractivity contribution in [3.8, 4) is 0 Å². The lowest BCUT2D eigenvalue weighted by Gasteiger charge is -2.08. The third-order valence-corrected chi connectivity index (χ3v) is 3.46. The van der Waals surface area contributed by atoms with Crippen molar-refractivity contribution in [2.45, 2.75) is 46.1 Å². The van der Waals surface area contributed by atoms with Gasteiger partial charge in [0.1, 0.15) is 0 Å². The number of hydrogen-bond donors (Lipinski definition) is 1. The summed E-state index contributed by atoms with van der Waals surface area (Å²) in [6.07, 6.45) is 3.64. The van der Waals surface area contributed by atoms with Crippen LogP contribution in [0.15, 0.2) is 0 Å². The lowest BCUT2D eigenvalue weighted by molar-refractivity contribution is 0.580. The number of rotatable bonds is 3. The number of aryl methyl sites for hydroxylation is 1. The Labute approximate surface area is 98.2 Å². The summed E-state index contributed by atoms with van der Waals surface area (Å²) in [7, 11) is 2.07. The SMILES string of the molecule is Cc1c(C2CCCN2)nn(C)c1CC(C)C. The Balaban J connectivity index is 2.26. The van der Waals surface area contributed by atoms with Gasteiger partial charge in [0.2, 0.25) is 0 Å². The van der Waals surface area contributed by atoms with E-state index in [1.807, 2.05) is 0 Å². The van der Waals surface area contributed by atoms with Gasteiger partial charge in [-0.2, -0.15) is 5.10 Å². The summed E-state index contributed by atoms with van der Waals surface area (Å²) in [6.45, 7) is 7.89. The van der Waals surface area contributed by atoms with Crippen LogP contribution < -0.4 is 5.32 Å². The van der Waals surface area contributed by atoms with Gasteiger partial charge in [0.15, 0.2) is 0 Å². The fraction of sp³-hybridized carbons (Fsp3) is 0.769. The molecule has 3 nitrogen and oxygen atoms in total. The molecule has 16 heavy (non-hydrogen) atoms. The minimum atomic E-state index is 0.493. The van der Waals surface area contributed by atoms with Crippen molar-refractivity contribution in [1.29, 1.82) is 0 Å². The van der Waals surface area contributed by atoms with Gasteiger partial charge >= 0.3 is 0 Å². The van der Waals surface area contributed by atoms with Crippen molar-refractivity contribution < 1.29 is 0 Å². The molecule has 0 radical (unpaired) electrons. The maximum Gasteiger partial charge on any atom is 0.0825 e. The highest BCUT2D eigenvalue weighted by molar-refractivity contribution is 5.28. The third-order valence-electron chi connectivity index (χ3n) is 3.46. The average Bonchev–Trinajstić information content (AvgIpc) is 2.80. The third kappa shape index (κ3) is 2.14. The van der Waals surface area contributed by atoms with E-state index in [4.69, 9.17) is 5.10 Å². The molecule has 1 unspecified atom stereocenters. The fourth-order valence-corrected chi connectivity index (χ4v) is 2.61. The molecule has 1 aliphatic rings. The molecule has 0 saturated carbocycles. The quantitative estimate of drug-likeness (QED) is 0.849. The van der Waals surface area contributed by atoms with Crippen LogP contribution in [0.5, 0.6) is 0 Å². The molecule has 1 aromatic heterocycles. The van der Waals surface area contributed by atoms with Gasteiger partial charge in [-0.1, -0.05) is 13.8 Å². The second kappa shape index (κ2) is 4.58. The van der Waals surface area contributed by atoms with Crippen molar-refractivity contribution in [2.75, 3.05) is 6.54 Å². The summed E-state index contributed by atoms with van der Waals surface area (Å²) in [5, 5.41) is 8.23. The van der Waals surface area contributed by atoms with Gasteiger partial charge in [-0.25, -0.2) is 0 Å². The molecule has 0 amide bonds. The standard InChI is InChI=1S/C13H23N3/c1-9(2)8-12-10(3)13(15-16(12)4)11-6-5-7-14-11/h9,11,14H,5-8H2,1-4H3. The molecule has 0 aromatic carbocycles. The highest BCUT2D eigenvalue weighted by Gasteiger charge is 2.23. The summed E-state index contributed by atoms with van der Waals surface area (Å²) >= 11 is 0. The summed E-state index contributed by atoms with van der Waals surface area (Å²) in [5.41, 5.74) is 4.07. The molecule has 2 heterocycles. The zero-order chi connectivity index (χ0) is 11.7. The van der Waals surface area contributed by atoms with Crippen LogP contribution in [0.25, 0.3) is 0 Å². The van der Waals surface area contributed by atoms with Crippen molar-refractivity contribution in [1.82, 2.24) is 15.1 Å². The number of nitrogens with zero attached hydrogens (tertiary/aromatic N) is 2. The molecule has 1 N–H and O–H groups in total. The molecule has 3 heteroatoms. The second-order valence-electron chi connectivity index (χ2n) is 5.33. The average molecular weight is 221 g/mol. The van der Waals surface area contributed by atoms with Gasteiger partial charge in [0, 0.05) is 12.7 Å². The lowest BCUT2D eigenvalue weighted by Crippen LogP contribution is -2.14. The van der Waals surface area contributed by atoms with Crippen LogP contribution in [0.3, 0.4) is 0 Å². The van der Waals surface area contributed by atoms with Crippen LogP contribution in [0.4, 0.5) is 0 Å². The molecular weight excluding hydrogens is 198 g/mol. The van der Waals surface area contributed by atoms with Gasteiger partial charge in [0.25, 0.3) is 0 Å². The molecular formula is C13H23N3. The summed E-state index contributed by atoms with van der Waals surface area (Å²) < 4.78 is 2.07. The molecule has 90 valence electrons. The Morgan fingerprint density at radius 2 is 2.25 bits per heavy atom. The van der Waals surface area contributed by atoms with E-state index in [2.05, 4.69) is 37.8 Å². The van der Waals surface area contributed by atoms with Crippen LogP contribution in [0, 0.1) is 12.8 Å². The van der Waals surface area contributed by atoms with Gasteiger partial charge in [-0.15, -0.1) is 0 Å². The monoisotopic (exact) mass is 221 g/mol. The normalized spacial score (nSPS) is 20.9. The van der Waals surface area contributed by atoms with E-state index < -0.39 is 0 Å². The lowest BCUT2D eigenvalue weighted by atomic mass is 10.0. The highest BCUT2D eigenvalue weighted by atomic mass is 15.3. The van der Waals surface area contributed by atoms with Crippen LogP contribution in [0.2, 0.25) is 0 Å². The zero-order valence-corrected chi connectivity index (χ0v) is 10.9. The maximum atomic E-state index is 4.70. The maximum absolute atomic E-state index is 4.70. The van der Waals surface area contributed by atoms with E-state index in [-0.39, 0.29) is 0 Å². The van der Waals surface area contributed by atoms with Gasteiger partial charge in [-0.3, -0.25) is 4.68 Å². The zero-order valence-electron chi connectivity index (χ0n) is 10.9. The van der Waals surface area contributed by atoms with E-state index in [9.17, 15) is 0 Å². The molecule has 1 saturated heterocycles. The molecule has 0 spiro atoms. The van der Waals surface area contributed by atoms with Crippen LogP contribution in [-0.4, -0.2) is 16.3 Å². The molecule has 1 fully saturated rings. The molecule has 1 atom stereocenters. The first-order valence-corrected chi connectivity index (χ1v) is 6.35. The van der Waals surface area contributed by atoms with Crippen LogP contribution in [-0.2, 0) is 13.5 Å². The Morgan fingerprint density at radius 1 is 1.50 bits per heavy atom. The Kier molecular flexibility index (Phi) is 3.33. The number of aromatic nitrogens is 2. The second-order valence-corrected chi connectivity index (χ2v) is 5.33. The van der Waals surface area contributed by atoms with Gasteiger partial charge < -0.3 is 5.32 Å². The number of hydrogen-bond acceptors (Lipinski definition) is 2. The number of nitrogens with one attached hydrogen (secondary N) is 1. The van der Waals surface area contributed by atoms with E-state index in [0.29, 0.717) is 12.0 Å². The van der Waals surface area contributed by atoms with Crippen molar-refractivity contribution in [3.63, 3.8) is 0 Å². The first-order valence-electron chi connectivity index (χ1n) is 6.35. The summed E-state index contributed by atoms with van der Waals surface area (Å²) in [4.78, 5) is 0. The van der Waals surface area contributed by atoms with Gasteiger partial charge in [-0.05, 0) is 44.2 Å². The highest BCUT2D eigenvalue weighted by Crippen LogP contribution is 2.27. The van der Waals surface area contributed by atoms with E-state index >= 15 is 0 Å². The van der Waals surface area contributed by atoms with Crippen molar-refractivity contribution in [3.05, 3.63) is 17.0 Å². The Morgan fingerprint density at radius 3 is 2.81 bits per heavy atom. The van der Waals surface area contributed by atoms with E-state index in [1.54, 1.807) is 0 Å². The Hall–Kier alpha value is -0.830. The molecule has 1 aromatic rings. The summed E-state index contributed by atoms with van der Waals surface area (Å²) in [6, 6.07) is 0.493. The predicted molar refractivity (Wildman–Crippen MR) is 66.5 cm³/mol. The predicted octanol–water partition coefficient (Wildman–Crippen LogP) is 2.35. The van der Waals surface area contributed by atoms with Gasteiger partial charge in [0.05, 0.1) is 11.7 Å². The van der Waals surface area contributed by atoms with Crippen LogP contribution in [0.1, 0.15) is 49.7 Å². The minimum Gasteiger partial charge on any atom is -0.309 e. The smallest absolute Gasteiger partial charge is 0.0825 e. The topological polar surface area (TPSA) is 29.9 Å². The van der Waals surface area contributed by atoms with Crippen molar-refractivity contribution >= 4 is 0 Å². The fourth-order valence-electron chi connectivity index (χ4n) is 2.61. The molecule has 1 aliphatic heterocycles. The minimum absolute atomic E-state index is 0.493.